The van der Waals surface area contributed by atoms with E-state index in [0.29, 0.717) is 17.9 Å². The highest BCUT2D eigenvalue weighted by molar-refractivity contribution is 5.77. The summed E-state index contributed by atoms with van der Waals surface area (Å²) in [5.41, 5.74) is -0.593. The first-order valence-electron chi connectivity index (χ1n) is 5.90. The number of carbonyl (C=O) groups is 2. The summed E-state index contributed by atoms with van der Waals surface area (Å²) in [6, 6.07) is -0.290. The van der Waals surface area contributed by atoms with Crippen LogP contribution in [0, 0.1) is 16.7 Å². The fourth-order valence-corrected chi connectivity index (χ4v) is 1.58. The van der Waals surface area contributed by atoms with Crippen LogP contribution in [0.15, 0.2) is 0 Å². The molecule has 0 aromatic heterocycles. The molecule has 0 bridgehead atoms. The number of hydrogen-bond donors (Lipinski definition) is 3. The maximum atomic E-state index is 11.4. The standard InChI is InChI=1S/C12H22N2O3/c1-11(2)5-8(11)6-13-10(17)14-7-12(3,4)9(15)16/h8H,5-7H2,1-4H3,(H,15,16)(H2,13,14,17). The Balaban J connectivity index is 2.20. The third-order valence-corrected chi connectivity index (χ3v) is 3.50. The Kier molecular flexibility index (Phi) is 3.69. The molecular weight excluding hydrogens is 220 g/mol. The van der Waals surface area contributed by atoms with Gasteiger partial charge >= 0.3 is 12.0 Å². The molecule has 1 rings (SSSR count). The molecule has 1 aliphatic rings. The highest BCUT2D eigenvalue weighted by Crippen LogP contribution is 2.50. The predicted molar refractivity (Wildman–Crippen MR) is 64.7 cm³/mol. The summed E-state index contributed by atoms with van der Waals surface area (Å²) in [7, 11) is 0. The molecule has 1 fully saturated rings. The first kappa shape index (κ1) is 13.8. The van der Waals surface area contributed by atoms with Gasteiger partial charge in [0.05, 0.1) is 5.41 Å². The lowest BCUT2D eigenvalue weighted by atomic mass is 9.94. The lowest BCUT2D eigenvalue weighted by Crippen LogP contribution is -2.44. The van der Waals surface area contributed by atoms with Crippen LogP contribution in [0.5, 0.6) is 0 Å². The molecule has 0 aromatic carbocycles. The molecule has 1 unspecified atom stereocenters. The van der Waals surface area contributed by atoms with E-state index in [0.717, 1.165) is 6.42 Å². The van der Waals surface area contributed by atoms with E-state index >= 15 is 0 Å². The van der Waals surface area contributed by atoms with E-state index in [1.165, 1.54) is 0 Å². The zero-order valence-corrected chi connectivity index (χ0v) is 11.0. The minimum absolute atomic E-state index is 0.127. The molecule has 98 valence electrons. The molecule has 2 amide bonds. The summed E-state index contributed by atoms with van der Waals surface area (Å²) in [4.78, 5) is 22.3. The van der Waals surface area contributed by atoms with Crippen LogP contribution in [0.25, 0.3) is 0 Å². The van der Waals surface area contributed by atoms with Gasteiger partial charge in [-0.2, -0.15) is 0 Å². The molecule has 0 aromatic rings. The zero-order valence-electron chi connectivity index (χ0n) is 11.0. The van der Waals surface area contributed by atoms with Crippen LogP contribution in [0.3, 0.4) is 0 Å². The number of carboxylic acids is 1. The summed E-state index contributed by atoms with van der Waals surface area (Å²) in [5, 5.41) is 14.2. The number of nitrogens with one attached hydrogen (secondary N) is 2. The van der Waals surface area contributed by atoms with E-state index < -0.39 is 11.4 Å². The SMILES string of the molecule is CC(C)(CNC(=O)NCC1CC1(C)C)C(=O)O. The van der Waals surface area contributed by atoms with Crippen molar-refractivity contribution < 1.29 is 14.7 Å². The fraction of sp³-hybridized carbons (Fsp3) is 0.833. The number of carboxylic acid groups (broad SMARTS) is 1. The number of rotatable bonds is 5. The van der Waals surface area contributed by atoms with Crippen LogP contribution in [0.1, 0.15) is 34.1 Å². The van der Waals surface area contributed by atoms with Gasteiger partial charge in [0.1, 0.15) is 0 Å². The monoisotopic (exact) mass is 242 g/mol. The van der Waals surface area contributed by atoms with Gasteiger partial charge in [0.2, 0.25) is 0 Å². The van der Waals surface area contributed by atoms with Crippen LogP contribution < -0.4 is 10.6 Å². The van der Waals surface area contributed by atoms with Gasteiger partial charge in [-0.3, -0.25) is 4.79 Å². The molecule has 0 radical (unpaired) electrons. The lowest BCUT2D eigenvalue weighted by Gasteiger charge is -2.19. The average molecular weight is 242 g/mol. The van der Waals surface area contributed by atoms with Gasteiger partial charge in [-0.25, -0.2) is 4.79 Å². The van der Waals surface area contributed by atoms with Crippen LogP contribution in [-0.4, -0.2) is 30.2 Å². The first-order chi connectivity index (χ1) is 7.65. The third kappa shape index (κ3) is 3.91. The van der Waals surface area contributed by atoms with Gasteiger partial charge in [-0.05, 0) is 31.6 Å². The molecule has 5 heteroatoms. The van der Waals surface area contributed by atoms with Gasteiger partial charge in [0, 0.05) is 13.1 Å². The smallest absolute Gasteiger partial charge is 0.314 e. The third-order valence-electron chi connectivity index (χ3n) is 3.50. The maximum absolute atomic E-state index is 11.4. The number of carbonyl (C=O) groups excluding carboxylic acids is 1. The highest BCUT2D eigenvalue weighted by atomic mass is 16.4. The van der Waals surface area contributed by atoms with E-state index in [2.05, 4.69) is 24.5 Å². The molecule has 1 saturated carbocycles. The molecule has 5 nitrogen and oxygen atoms in total. The Morgan fingerprint density at radius 1 is 1.35 bits per heavy atom. The molecule has 1 aliphatic carbocycles. The van der Waals surface area contributed by atoms with Crippen molar-refractivity contribution in [2.45, 2.75) is 34.1 Å². The molecule has 0 heterocycles. The normalized spacial score (nSPS) is 21.8. The minimum Gasteiger partial charge on any atom is -0.481 e. The van der Waals surface area contributed by atoms with Crippen LogP contribution in [0.2, 0.25) is 0 Å². The Hall–Kier alpha value is -1.26. The fourth-order valence-electron chi connectivity index (χ4n) is 1.58. The average Bonchev–Trinajstić information content (AvgIpc) is 2.80. The van der Waals surface area contributed by atoms with E-state index in [1.807, 2.05) is 0 Å². The number of urea groups is 1. The van der Waals surface area contributed by atoms with E-state index in [9.17, 15) is 9.59 Å². The van der Waals surface area contributed by atoms with Crippen molar-refractivity contribution in [3.05, 3.63) is 0 Å². The van der Waals surface area contributed by atoms with E-state index in [-0.39, 0.29) is 12.6 Å². The topological polar surface area (TPSA) is 78.4 Å². The largest absolute Gasteiger partial charge is 0.481 e. The lowest BCUT2D eigenvalue weighted by molar-refractivity contribution is -0.146. The van der Waals surface area contributed by atoms with Crippen molar-refractivity contribution in [2.75, 3.05) is 13.1 Å². The van der Waals surface area contributed by atoms with Crippen molar-refractivity contribution in [3.8, 4) is 0 Å². The van der Waals surface area contributed by atoms with Gasteiger partial charge < -0.3 is 15.7 Å². The predicted octanol–water partition coefficient (Wildman–Crippen LogP) is 1.44. The Labute approximate surface area is 102 Å². The summed E-state index contributed by atoms with van der Waals surface area (Å²) < 4.78 is 0. The molecule has 3 N–H and O–H groups in total. The van der Waals surface area contributed by atoms with Crippen molar-refractivity contribution in [1.29, 1.82) is 0 Å². The van der Waals surface area contributed by atoms with Gasteiger partial charge in [-0.1, -0.05) is 13.8 Å². The quantitative estimate of drug-likeness (QED) is 0.682. The Morgan fingerprint density at radius 2 is 1.88 bits per heavy atom. The second-order valence-corrected chi connectivity index (χ2v) is 6.14. The molecule has 0 saturated heterocycles. The Morgan fingerprint density at radius 3 is 2.29 bits per heavy atom. The zero-order chi connectivity index (χ0) is 13.3. The first-order valence-corrected chi connectivity index (χ1v) is 5.90. The van der Waals surface area contributed by atoms with E-state index in [4.69, 9.17) is 5.11 Å². The second kappa shape index (κ2) is 4.55. The van der Waals surface area contributed by atoms with Crippen LogP contribution >= 0.6 is 0 Å². The van der Waals surface area contributed by atoms with Crippen LogP contribution in [0.4, 0.5) is 4.79 Å². The van der Waals surface area contributed by atoms with Crippen molar-refractivity contribution in [3.63, 3.8) is 0 Å². The highest BCUT2D eigenvalue weighted by Gasteiger charge is 2.45. The van der Waals surface area contributed by atoms with Crippen molar-refractivity contribution >= 4 is 12.0 Å². The van der Waals surface area contributed by atoms with Gasteiger partial charge in [-0.15, -0.1) is 0 Å². The number of aliphatic carboxylic acids is 1. The van der Waals surface area contributed by atoms with Crippen molar-refractivity contribution in [1.82, 2.24) is 10.6 Å². The van der Waals surface area contributed by atoms with E-state index in [1.54, 1.807) is 13.8 Å². The van der Waals surface area contributed by atoms with Crippen molar-refractivity contribution in [2.24, 2.45) is 16.7 Å². The molecule has 1 atom stereocenters. The summed E-state index contributed by atoms with van der Waals surface area (Å²) in [6.45, 7) is 8.30. The molecule has 17 heavy (non-hydrogen) atoms. The number of hydrogen-bond acceptors (Lipinski definition) is 2. The molecule has 0 spiro atoms. The number of amides is 2. The summed E-state index contributed by atoms with van der Waals surface area (Å²) in [6.07, 6.45) is 1.13. The summed E-state index contributed by atoms with van der Waals surface area (Å²) >= 11 is 0. The molecular formula is C12H22N2O3. The van der Waals surface area contributed by atoms with Crippen LogP contribution in [-0.2, 0) is 4.79 Å². The maximum Gasteiger partial charge on any atom is 0.314 e. The van der Waals surface area contributed by atoms with Gasteiger partial charge in [0.15, 0.2) is 0 Å². The molecule has 0 aliphatic heterocycles. The summed E-state index contributed by atoms with van der Waals surface area (Å²) in [5.74, 6) is -0.373. The van der Waals surface area contributed by atoms with Gasteiger partial charge in [0.25, 0.3) is 0 Å². The minimum atomic E-state index is -0.934. The Bertz CT molecular complexity index is 324. The second-order valence-electron chi connectivity index (χ2n) is 6.14.